The van der Waals surface area contributed by atoms with Gasteiger partial charge in [-0.25, -0.2) is 49.7 Å². The lowest BCUT2D eigenvalue weighted by Gasteiger charge is -2.08. The van der Waals surface area contributed by atoms with Crippen LogP contribution in [0.4, 0.5) is 11.4 Å². The molecule has 0 spiro atoms. The summed E-state index contributed by atoms with van der Waals surface area (Å²) in [6, 6.07) is 59.8. The van der Waals surface area contributed by atoms with Gasteiger partial charge < -0.3 is 22.3 Å². The summed E-state index contributed by atoms with van der Waals surface area (Å²) < 4.78 is 66.5. The summed E-state index contributed by atoms with van der Waals surface area (Å²) in [7, 11) is -5.37. The second kappa shape index (κ2) is 45.3. The van der Waals surface area contributed by atoms with E-state index in [0.29, 0.717) is 87.7 Å². The summed E-state index contributed by atoms with van der Waals surface area (Å²) in [6.45, 7) is 10.1. The molecule has 38 heteroatoms. The number of rotatable bonds is 27. The lowest BCUT2D eigenvalue weighted by molar-refractivity contribution is 0.0696. The topological polar surface area (TPSA) is 411 Å². The molecule has 0 fully saturated rings. The van der Waals surface area contributed by atoms with Gasteiger partial charge in [-0.1, -0.05) is 95.3 Å². The molecule has 0 saturated heterocycles. The van der Waals surface area contributed by atoms with Crippen molar-refractivity contribution in [2.75, 3.05) is 40.2 Å². The molecule has 18 aromatic heterocycles. The molecule has 0 saturated carbocycles. The molecule has 0 aliphatic heterocycles. The van der Waals surface area contributed by atoms with Gasteiger partial charge in [-0.3, -0.25) is 55.7 Å². The molecule has 0 aliphatic carbocycles. The zero-order chi connectivity index (χ0) is 94.9. The molecule has 20 aromatic rings. The molecule has 20 rings (SSSR count). The Bertz CT molecular complexity index is 7130. The molecule has 1 amide bonds. The lowest BCUT2D eigenvalue weighted by Crippen LogP contribution is -2.10. The number of nitrogens with zero attached hydrogens (tertiary/aromatic N) is 15. The lowest BCUT2D eigenvalue weighted by atomic mass is 10.0. The average molecular weight is 2030 g/mol. The zero-order valence-electron chi connectivity index (χ0n) is 73.5. The van der Waals surface area contributed by atoms with Crippen molar-refractivity contribution in [2.45, 2.75) is 87.8 Å². The van der Waals surface area contributed by atoms with E-state index in [9.17, 15) is 35.7 Å². The second-order valence-electron chi connectivity index (χ2n) is 29.8. The number of benzene rings is 2. The number of carbonyl (C=O) groups excluding carboxylic acids is 1. The number of carbonyl (C=O) groups is 2. The van der Waals surface area contributed by atoms with Crippen molar-refractivity contribution in [1.82, 2.24) is 74.8 Å². The highest BCUT2D eigenvalue weighted by Crippen LogP contribution is 2.47. The van der Waals surface area contributed by atoms with E-state index in [1.165, 1.54) is 79.4 Å². The fourth-order valence-corrected chi connectivity index (χ4v) is 27.8. The van der Waals surface area contributed by atoms with E-state index in [4.69, 9.17) is 42.1 Å². The van der Waals surface area contributed by atoms with Gasteiger partial charge in [-0.05, 0) is 188 Å². The Morgan fingerprint density at radius 1 is 0.324 bits per heavy atom. The number of hydrogen-bond donors (Lipinski definition) is 4. The number of primary amides is 1. The fraction of sp³-hybridized carbons (Fsp3) is 0.153. The first-order chi connectivity index (χ1) is 66.3. The van der Waals surface area contributed by atoms with Crippen molar-refractivity contribution in [3.8, 4) is 112 Å². The average Bonchev–Trinajstić information content (AvgIpc) is 1.62. The molecule has 136 heavy (non-hydrogen) atoms. The second-order valence-corrected chi connectivity index (χ2v) is 45.6. The largest absolute Gasteiger partial charge is 0.478 e. The van der Waals surface area contributed by atoms with E-state index in [0.717, 1.165) is 174 Å². The molecule has 0 aliphatic rings. The van der Waals surface area contributed by atoms with Gasteiger partial charge in [-0.2, -0.15) is 0 Å². The van der Waals surface area contributed by atoms with Crippen LogP contribution in [0.15, 0.2) is 276 Å². The summed E-state index contributed by atoms with van der Waals surface area (Å²) >= 11 is 10.1. The highest BCUT2D eigenvalue weighted by molar-refractivity contribution is 7.89. The van der Waals surface area contributed by atoms with Crippen LogP contribution in [-0.2, 0) is 54.0 Å². The summed E-state index contributed by atoms with van der Waals surface area (Å²) in [4.78, 5) is 94.9. The third kappa shape index (κ3) is 22.3. The van der Waals surface area contributed by atoms with E-state index < -0.39 is 65.9 Å². The van der Waals surface area contributed by atoms with Gasteiger partial charge in [0.1, 0.15) is 76.7 Å². The van der Waals surface area contributed by atoms with Crippen molar-refractivity contribution in [2.24, 2.45) is 5.73 Å². The molecule has 7 N–H and O–H groups in total. The smallest absolute Gasteiger partial charge is 0.335 e. The quantitative estimate of drug-likeness (QED) is 0.0371. The monoisotopic (exact) mass is 2020 g/mol. The van der Waals surface area contributed by atoms with Crippen molar-refractivity contribution in [3.05, 3.63) is 266 Å². The maximum Gasteiger partial charge on any atom is 0.335 e. The Hall–Kier alpha value is -12.7. The molecular weight excluding hydrogens is 1940 g/mol. The first-order valence-electron chi connectivity index (χ1n) is 42.7. The molecule has 0 radical (unpaired) electrons. The van der Waals surface area contributed by atoms with Gasteiger partial charge >= 0.3 is 5.97 Å². The number of thiazole rings is 2. The summed E-state index contributed by atoms with van der Waals surface area (Å²) in [5.41, 5.74) is 32.6. The SMILES string of the molecule is CCCS(=O)c1cc2c(-c3ccccn3)cc(-c3ccccn3)nc2s1.CCCS(=O)c1cc2c(-c3ccccn3)nc(-c3ccccn3)nc2s1.CCCS(=O)c1cc2c(-c3ccccn3)nc(-c3ccccn3)nc2s1.CCCS(=O)c1sc2nc(-c3nccs3)cc(-c3ccc(C(=O)O)cc3)c2c1N.CCCS(=O)c1sc2nc(-c3nccs3)cc(-c3ccc(C(N)=O)cc3)c2c1N. The van der Waals surface area contributed by atoms with E-state index >= 15 is 0 Å². The first-order valence-corrected chi connectivity index (χ1v) is 55.2. The standard InChI is InChI=1S/C20H18N4O2S3.C20H17N3O3S3.C20H17N3OS2.2C19H16N4OS2/c1-2-9-29(26)20-16(21)15-13(11-3-5-12(6-4-11)17(22)25)10-14(24-19(15)28-20)18-23-7-8-27-18;1-2-9-29(26)20-16(21)15-13(11-3-5-12(6-4-11)19(24)25)10-14(23-18(15)28-20)17-22-7-8-27-17;1-2-11-26(24)19-13-15-14(16-7-3-5-9-21-16)12-18(23-20(15)25-19)17-8-4-6-10-22-17;2*1-2-11-26(24)16-12-13-17(14-7-3-5-9-20-14)22-18(23-19(13)25-16)15-8-4-6-10-21-15/h3-8,10H,2,9,21H2,1H3,(H2,22,25);3-8,10H,2,9,21H2,1H3,(H,24,25);3-10,12-13H,2,11H2,1H3;2*3-10,12H,2,11H2,1H3. The Balaban J connectivity index is 0.000000123. The number of nitrogens with two attached hydrogens (primary N) is 3. The zero-order valence-corrected chi connectivity index (χ0v) is 83.3. The maximum atomic E-state index is 12.7. The molecule has 686 valence electrons. The molecule has 5 atom stereocenters. The number of anilines is 2. The van der Waals surface area contributed by atoms with Gasteiger partial charge in [0.05, 0.1) is 112 Å². The number of aromatic nitrogens is 15. The van der Waals surface area contributed by atoms with Crippen LogP contribution in [0.1, 0.15) is 87.4 Å². The summed E-state index contributed by atoms with van der Waals surface area (Å²) in [5.74, 6) is 2.69. The van der Waals surface area contributed by atoms with Crippen molar-refractivity contribution in [3.63, 3.8) is 0 Å². The van der Waals surface area contributed by atoms with Crippen molar-refractivity contribution < 1.29 is 35.7 Å². The highest BCUT2D eigenvalue weighted by Gasteiger charge is 2.27. The Labute approximate surface area is 822 Å². The number of aromatic carboxylic acids is 1. The normalized spacial score (nSPS) is 12.3. The van der Waals surface area contributed by atoms with Crippen LogP contribution in [0.5, 0.6) is 0 Å². The molecule has 26 nitrogen and oxygen atoms in total. The van der Waals surface area contributed by atoms with Crippen LogP contribution in [0.3, 0.4) is 0 Å². The highest BCUT2D eigenvalue weighted by atomic mass is 32.2. The van der Waals surface area contributed by atoms with Gasteiger partial charge in [0.15, 0.2) is 11.6 Å². The minimum atomic E-state index is -1.18. The number of nitrogen functional groups attached to an aromatic ring is 2. The Kier molecular flexibility index (Phi) is 32.1. The fourth-order valence-electron chi connectivity index (χ4n) is 14.1. The molecule has 5 unspecified atom stereocenters. The Morgan fingerprint density at radius 2 is 0.662 bits per heavy atom. The number of fused-ring (bicyclic) bond motifs is 5. The van der Waals surface area contributed by atoms with Crippen LogP contribution in [0.25, 0.3) is 163 Å². The number of carboxylic acids is 1. The van der Waals surface area contributed by atoms with Crippen LogP contribution in [0, 0.1) is 0 Å². The van der Waals surface area contributed by atoms with E-state index in [2.05, 4.69) is 49.8 Å². The van der Waals surface area contributed by atoms with Crippen LogP contribution in [-0.4, -0.2) is 142 Å². The van der Waals surface area contributed by atoms with Crippen LogP contribution >= 0.6 is 79.4 Å². The van der Waals surface area contributed by atoms with Gasteiger partial charge in [0.2, 0.25) is 5.91 Å². The number of thiophene rings is 5. The van der Waals surface area contributed by atoms with Crippen molar-refractivity contribution >= 4 is 208 Å². The van der Waals surface area contributed by atoms with Gasteiger partial charge in [-0.15, -0.1) is 79.4 Å². The molecule has 0 bridgehead atoms. The minimum absolute atomic E-state index is 0.210. The summed E-state index contributed by atoms with van der Waals surface area (Å²) in [6.07, 6.45) is 18.2. The number of hydrogen-bond acceptors (Lipinski definition) is 31. The van der Waals surface area contributed by atoms with Gasteiger partial charge in [0.25, 0.3) is 0 Å². The van der Waals surface area contributed by atoms with E-state index in [-0.39, 0.29) is 5.56 Å². The Morgan fingerprint density at radius 3 is 1.01 bits per heavy atom. The number of carboxylic acid groups (broad SMARTS) is 1. The number of pyridine rings is 9. The van der Waals surface area contributed by atoms with Crippen molar-refractivity contribution in [1.29, 1.82) is 0 Å². The predicted molar refractivity (Wildman–Crippen MR) is 558 cm³/mol. The predicted octanol–water partition coefficient (Wildman–Crippen LogP) is 22.8. The minimum Gasteiger partial charge on any atom is -0.478 e. The van der Waals surface area contributed by atoms with Crippen LogP contribution < -0.4 is 17.2 Å². The van der Waals surface area contributed by atoms with Gasteiger partial charge in [0, 0.05) is 127 Å². The number of amides is 1. The molecule has 18 heterocycles. The molecular formula is C98H84N18O8S12. The third-order valence-electron chi connectivity index (χ3n) is 20.3. The third-order valence-corrected chi connectivity index (χ3v) is 37.0. The summed E-state index contributed by atoms with van der Waals surface area (Å²) in [5, 5.41) is 18.8. The van der Waals surface area contributed by atoms with E-state index in [1.807, 2.05) is 203 Å². The first kappa shape index (κ1) is 96.4. The maximum absolute atomic E-state index is 12.7. The van der Waals surface area contributed by atoms with Crippen LogP contribution in [0.2, 0.25) is 0 Å². The molecule has 2 aromatic carbocycles. The van der Waals surface area contributed by atoms with E-state index in [1.54, 1.807) is 86.0 Å².